The first-order valence-electron chi connectivity index (χ1n) is 7.89. The molecule has 0 fully saturated rings. The van der Waals surface area contributed by atoms with Gasteiger partial charge in [-0.15, -0.1) is 0 Å². The molecule has 0 aliphatic rings. The van der Waals surface area contributed by atoms with Crippen molar-refractivity contribution in [3.63, 3.8) is 0 Å². The molecule has 0 rings (SSSR count). The fourth-order valence-electron chi connectivity index (χ4n) is 1.78. The molecule has 0 aromatic heterocycles. The van der Waals surface area contributed by atoms with Gasteiger partial charge in [0.2, 0.25) is 0 Å². The van der Waals surface area contributed by atoms with Crippen LogP contribution in [0.15, 0.2) is 22.1 Å². The molecule has 19 heavy (non-hydrogen) atoms. The molecule has 0 atom stereocenters. The van der Waals surface area contributed by atoms with E-state index in [0.717, 1.165) is 36.3 Å². The van der Waals surface area contributed by atoms with E-state index < -0.39 is 0 Å². The van der Waals surface area contributed by atoms with E-state index >= 15 is 0 Å². The summed E-state index contributed by atoms with van der Waals surface area (Å²) >= 11 is 1.49. The van der Waals surface area contributed by atoms with Crippen LogP contribution in [0.4, 0.5) is 0 Å². The summed E-state index contributed by atoms with van der Waals surface area (Å²) in [6.45, 7) is 8.48. The van der Waals surface area contributed by atoms with Crippen LogP contribution in [0.5, 0.6) is 0 Å². The van der Waals surface area contributed by atoms with Crippen molar-refractivity contribution >= 4 is 29.9 Å². The third-order valence-electron chi connectivity index (χ3n) is 2.96. The van der Waals surface area contributed by atoms with Gasteiger partial charge in [-0.2, -0.15) is 0 Å². The average molecular weight is 394 g/mol. The van der Waals surface area contributed by atoms with Gasteiger partial charge in [0, 0.05) is 0 Å². The van der Waals surface area contributed by atoms with Crippen LogP contribution < -0.4 is 0 Å². The Balaban J connectivity index is 3.66. The van der Waals surface area contributed by atoms with E-state index in [0.29, 0.717) is 0 Å². The molecule has 0 bridgehead atoms. The van der Waals surface area contributed by atoms with Crippen LogP contribution in [0.1, 0.15) is 71.6 Å². The molecular weight excluding hydrogens is 362 g/mol. The maximum absolute atomic E-state index is 3.90. The van der Waals surface area contributed by atoms with E-state index in [1.807, 2.05) is 0 Å². The molecule has 0 N–H and O–H groups in total. The summed E-state index contributed by atoms with van der Waals surface area (Å²) in [4.78, 5) is 2.58. The molecular formula is C17H32Se2. The van der Waals surface area contributed by atoms with Crippen molar-refractivity contribution in [1.29, 1.82) is 0 Å². The second-order valence-electron chi connectivity index (χ2n) is 4.92. The van der Waals surface area contributed by atoms with Gasteiger partial charge >= 0.3 is 134 Å². The predicted octanol–water partition coefficient (Wildman–Crippen LogP) is 5.81. The zero-order chi connectivity index (χ0) is 14.2. The summed E-state index contributed by atoms with van der Waals surface area (Å²) in [6, 6.07) is 0. The summed E-state index contributed by atoms with van der Waals surface area (Å²) < 4.78 is 1.72. The summed E-state index contributed by atoms with van der Waals surface area (Å²) in [7, 11) is 0. The predicted molar refractivity (Wildman–Crippen MR) is 92.3 cm³/mol. The standard InChI is InChI=1S/C17H32Se2/c1-4-7-9-11-14-18-16-17(13-6-3)19-15-12-10-8-5-2/h6,16H,3-5,7-15H2,1-2H3/b17-16-. The van der Waals surface area contributed by atoms with Crippen LogP contribution in [0.3, 0.4) is 0 Å². The number of rotatable bonds is 14. The molecule has 0 saturated carbocycles. The minimum absolute atomic E-state index is 0.743. The third kappa shape index (κ3) is 14.7. The topological polar surface area (TPSA) is 0 Å². The molecule has 112 valence electrons. The number of unbranched alkanes of at least 4 members (excludes halogenated alkanes) is 6. The summed E-state index contributed by atoms with van der Waals surface area (Å²) in [5.74, 6) is 0. The number of allylic oxidation sites excluding steroid dienone is 2. The van der Waals surface area contributed by atoms with Crippen LogP contribution in [-0.2, 0) is 0 Å². The Morgan fingerprint density at radius 2 is 1.53 bits per heavy atom. The van der Waals surface area contributed by atoms with E-state index in [9.17, 15) is 0 Å². The zero-order valence-corrected chi connectivity index (χ0v) is 16.4. The first-order valence-corrected chi connectivity index (χ1v) is 12.2. The van der Waals surface area contributed by atoms with Gasteiger partial charge in [0.25, 0.3) is 0 Å². The van der Waals surface area contributed by atoms with Gasteiger partial charge in [-0.05, 0) is 0 Å². The van der Waals surface area contributed by atoms with Gasteiger partial charge in [0.1, 0.15) is 0 Å². The van der Waals surface area contributed by atoms with Crippen molar-refractivity contribution in [2.24, 2.45) is 0 Å². The molecule has 0 heterocycles. The molecule has 0 spiro atoms. The van der Waals surface area contributed by atoms with Crippen LogP contribution in [0.2, 0.25) is 10.6 Å². The fourth-order valence-corrected chi connectivity index (χ4v) is 6.80. The van der Waals surface area contributed by atoms with Crippen molar-refractivity contribution in [1.82, 2.24) is 0 Å². The van der Waals surface area contributed by atoms with E-state index in [2.05, 4.69) is 31.5 Å². The normalized spacial score (nSPS) is 11.8. The summed E-state index contributed by atoms with van der Waals surface area (Å²) in [6.07, 6.45) is 14.5. The second kappa shape index (κ2) is 16.6. The van der Waals surface area contributed by atoms with Gasteiger partial charge in [-0.25, -0.2) is 0 Å². The molecule has 0 aliphatic carbocycles. The van der Waals surface area contributed by atoms with E-state index in [4.69, 9.17) is 0 Å². The average Bonchev–Trinajstić information content (AvgIpc) is 2.42. The van der Waals surface area contributed by atoms with Gasteiger partial charge in [-0.3, -0.25) is 0 Å². The Kier molecular flexibility index (Phi) is 17.0. The van der Waals surface area contributed by atoms with E-state index in [1.54, 1.807) is 4.47 Å². The first-order chi connectivity index (χ1) is 9.35. The van der Waals surface area contributed by atoms with Crippen molar-refractivity contribution in [2.75, 3.05) is 0 Å². The van der Waals surface area contributed by atoms with Gasteiger partial charge < -0.3 is 0 Å². The quantitative estimate of drug-likeness (QED) is 0.198. The summed E-state index contributed by atoms with van der Waals surface area (Å²) in [5.41, 5.74) is 0. The third-order valence-corrected chi connectivity index (χ3v) is 8.17. The van der Waals surface area contributed by atoms with Crippen LogP contribution in [0.25, 0.3) is 0 Å². The Bertz CT molecular complexity index is 221. The SMILES string of the molecule is C=CC/C(=C/[Se]CCCCCC)[Se]CCCCCC. The van der Waals surface area contributed by atoms with Crippen LogP contribution in [-0.4, -0.2) is 29.9 Å². The maximum atomic E-state index is 3.90. The Morgan fingerprint density at radius 3 is 2.11 bits per heavy atom. The van der Waals surface area contributed by atoms with Gasteiger partial charge in [-0.1, -0.05) is 0 Å². The van der Waals surface area contributed by atoms with Crippen molar-refractivity contribution in [3.8, 4) is 0 Å². The molecule has 2 heteroatoms. The Labute approximate surface area is 134 Å². The van der Waals surface area contributed by atoms with Gasteiger partial charge in [0.15, 0.2) is 0 Å². The first kappa shape index (κ1) is 19.5. The molecule has 0 nitrogen and oxygen atoms in total. The van der Waals surface area contributed by atoms with Crippen molar-refractivity contribution < 1.29 is 0 Å². The molecule has 0 radical (unpaired) electrons. The summed E-state index contributed by atoms with van der Waals surface area (Å²) in [5, 5.41) is 2.89. The minimum atomic E-state index is 0.743. The molecule has 0 unspecified atom stereocenters. The van der Waals surface area contributed by atoms with Crippen molar-refractivity contribution in [2.45, 2.75) is 82.3 Å². The van der Waals surface area contributed by atoms with Gasteiger partial charge in [0.05, 0.1) is 0 Å². The molecule has 0 amide bonds. The van der Waals surface area contributed by atoms with E-state index in [1.165, 1.54) is 62.0 Å². The van der Waals surface area contributed by atoms with Crippen LogP contribution in [0, 0.1) is 0 Å². The van der Waals surface area contributed by atoms with E-state index in [-0.39, 0.29) is 0 Å². The molecule has 0 saturated heterocycles. The van der Waals surface area contributed by atoms with Crippen molar-refractivity contribution in [3.05, 3.63) is 22.1 Å². The van der Waals surface area contributed by atoms with Crippen LogP contribution >= 0.6 is 0 Å². The fraction of sp³-hybridized carbons (Fsp3) is 0.765. The second-order valence-corrected chi connectivity index (χ2v) is 9.53. The Morgan fingerprint density at radius 1 is 0.895 bits per heavy atom. The molecule has 0 aromatic carbocycles. The number of hydrogen-bond acceptors (Lipinski definition) is 0. The molecule has 0 aliphatic heterocycles. The number of hydrogen-bond donors (Lipinski definition) is 0. The Hall–Kier alpha value is 0.519. The zero-order valence-electron chi connectivity index (χ0n) is 13.0. The molecule has 0 aromatic rings. The monoisotopic (exact) mass is 396 g/mol.